The highest BCUT2D eigenvalue weighted by molar-refractivity contribution is 5.40. The topological polar surface area (TPSA) is 29.3 Å². The lowest BCUT2D eigenvalue weighted by molar-refractivity contribution is 0.186. The van der Waals surface area contributed by atoms with Gasteiger partial charge in [-0.3, -0.25) is 0 Å². The standard InChI is InChI=1S/C14H22N2/c1-12-4-3-8-16(11-12)9-7-13-5-2-6-14(15)10-13/h2,5-6,10,12H,3-4,7-9,11,15H2,1H3. The lowest BCUT2D eigenvalue weighted by atomic mass is 10.00. The predicted octanol–water partition coefficient (Wildman–Crippen LogP) is 2.54. The van der Waals surface area contributed by atoms with Crippen molar-refractivity contribution in [2.45, 2.75) is 26.2 Å². The highest BCUT2D eigenvalue weighted by atomic mass is 15.1. The lowest BCUT2D eigenvalue weighted by Crippen LogP contribution is -2.35. The van der Waals surface area contributed by atoms with Crippen LogP contribution >= 0.6 is 0 Å². The van der Waals surface area contributed by atoms with Crippen LogP contribution in [0.5, 0.6) is 0 Å². The van der Waals surface area contributed by atoms with E-state index in [0.717, 1.165) is 18.0 Å². The Morgan fingerprint density at radius 3 is 3.06 bits per heavy atom. The molecule has 88 valence electrons. The van der Waals surface area contributed by atoms with Gasteiger partial charge in [-0.25, -0.2) is 0 Å². The van der Waals surface area contributed by atoms with E-state index >= 15 is 0 Å². The molecule has 1 heterocycles. The maximum Gasteiger partial charge on any atom is 0.0316 e. The molecule has 2 nitrogen and oxygen atoms in total. The van der Waals surface area contributed by atoms with Gasteiger partial charge in [0.15, 0.2) is 0 Å². The average Bonchev–Trinajstić information content (AvgIpc) is 2.27. The minimum Gasteiger partial charge on any atom is -0.399 e. The van der Waals surface area contributed by atoms with E-state index in [1.165, 1.54) is 38.0 Å². The summed E-state index contributed by atoms with van der Waals surface area (Å²) in [4.78, 5) is 2.58. The molecule has 1 aliphatic heterocycles. The summed E-state index contributed by atoms with van der Waals surface area (Å²) in [6.07, 6.45) is 3.88. The Morgan fingerprint density at radius 2 is 2.31 bits per heavy atom. The van der Waals surface area contributed by atoms with E-state index in [4.69, 9.17) is 5.73 Å². The van der Waals surface area contributed by atoms with Crippen molar-refractivity contribution in [3.05, 3.63) is 29.8 Å². The van der Waals surface area contributed by atoms with Crippen LogP contribution in [0.3, 0.4) is 0 Å². The number of hydrogen-bond acceptors (Lipinski definition) is 2. The maximum absolute atomic E-state index is 5.78. The van der Waals surface area contributed by atoms with Gasteiger partial charge in [-0.05, 0) is 49.4 Å². The third-order valence-electron chi connectivity index (χ3n) is 3.41. The van der Waals surface area contributed by atoms with Gasteiger partial charge in [0.05, 0.1) is 0 Å². The molecule has 1 unspecified atom stereocenters. The van der Waals surface area contributed by atoms with Crippen LogP contribution in [0, 0.1) is 5.92 Å². The minimum atomic E-state index is 0.870. The molecular formula is C14H22N2. The fraction of sp³-hybridized carbons (Fsp3) is 0.571. The second kappa shape index (κ2) is 5.35. The molecule has 1 atom stereocenters. The predicted molar refractivity (Wildman–Crippen MR) is 69.4 cm³/mol. The van der Waals surface area contributed by atoms with E-state index in [-0.39, 0.29) is 0 Å². The van der Waals surface area contributed by atoms with Crippen LogP contribution in [0.4, 0.5) is 5.69 Å². The average molecular weight is 218 g/mol. The zero-order valence-corrected chi connectivity index (χ0v) is 10.2. The van der Waals surface area contributed by atoms with Crippen LogP contribution in [0.25, 0.3) is 0 Å². The number of nitrogens with zero attached hydrogens (tertiary/aromatic N) is 1. The Morgan fingerprint density at radius 1 is 1.44 bits per heavy atom. The van der Waals surface area contributed by atoms with E-state index in [1.54, 1.807) is 0 Å². The van der Waals surface area contributed by atoms with E-state index in [0.29, 0.717) is 0 Å². The van der Waals surface area contributed by atoms with Crippen LogP contribution < -0.4 is 5.73 Å². The summed E-state index contributed by atoms with van der Waals surface area (Å²) in [6, 6.07) is 8.26. The number of likely N-dealkylation sites (tertiary alicyclic amines) is 1. The van der Waals surface area contributed by atoms with E-state index in [9.17, 15) is 0 Å². The fourth-order valence-corrected chi connectivity index (χ4v) is 2.53. The van der Waals surface area contributed by atoms with Gasteiger partial charge in [-0.15, -0.1) is 0 Å². The first-order valence-electron chi connectivity index (χ1n) is 6.31. The molecule has 2 N–H and O–H groups in total. The molecular weight excluding hydrogens is 196 g/mol. The van der Waals surface area contributed by atoms with Gasteiger partial charge in [0.1, 0.15) is 0 Å². The third kappa shape index (κ3) is 3.24. The molecule has 0 radical (unpaired) electrons. The normalized spacial score (nSPS) is 22.2. The van der Waals surface area contributed by atoms with Gasteiger partial charge in [-0.1, -0.05) is 19.1 Å². The first kappa shape index (κ1) is 11.5. The Hall–Kier alpha value is -1.02. The lowest BCUT2D eigenvalue weighted by Gasteiger charge is -2.30. The Bertz CT molecular complexity index is 335. The molecule has 0 aromatic heterocycles. The van der Waals surface area contributed by atoms with Crippen molar-refractivity contribution in [1.29, 1.82) is 0 Å². The Labute approximate surface area is 98.4 Å². The Balaban J connectivity index is 1.82. The summed E-state index contributed by atoms with van der Waals surface area (Å²) in [5.74, 6) is 0.870. The van der Waals surface area contributed by atoms with Crippen LogP contribution in [0.15, 0.2) is 24.3 Å². The molecule has 1 fully saturated rings. The second-order valence-electron chi connectivity index (χ2n) is 5.04. The van der Waals surface area contributed by atoms with Crippen molar-refractivity contribution in [2.75, 3.05) is 25.4 Å². The minimum absolute atomic E-state index is 0.870. The maximum atomic E-state index is 5.78. The van der Waals surface area contributed by atoms with Crippen LogP contribution in [0.1, 0.15) is 25.3 Å². The van der Waals surface area contributed by atoms with Crippen molar-refractivity contribution < 1.29 is 0 Å². The van der Waals surface area contributed by atoms with Gasteiger partial charge in [-0.2, -0.15) is 0 Å². The van der Waals surface area contributed by atoms with Crippen molar-refractivity contribution in [1.82, 2.24) is 4.90 Å². The summed E-state index contributed by atoms with van der Waals surface area (Å²) < 4.78 is 0. The first-order valence-corrected chi connectivity index (χ1v) is 6.31. The number of anilines is 1. The zero-order valence-electron chi connectivity index (χ0n) is 10.2. The molecule has 1 aromatic carbocycles. The quantitative estimate of drug-likeness (QED) is 0.790. The summed E-state index contributed by atoms with van der Waals surface area (Å²) >= 11 is 0. The fourth-order valence-electron chi connectivity index (χ4n) is 2.53. The number of piperidine rings is 1. The van der Waals surface area contributed by atoms with Crippen molar-refractivity contribution in [3.63, 3.8) is 0 Å². The smallest absolute Gasteiger partial charge is 0.0316 e. The second-order valence-corrected chi connectivity index (χ2v) is 5.04. The number of benzene rings is 1. The molecule has 16 heavy (non-hydrogen) atoms. The number of nitrogen functional groups attached to an aromatic ring is 1. The van der Waals surface area contributed by atoms with Crippen LogP contribution in [-0.4, -0.2) is 24.5 Å². The monoisotopic (exact) mass is 218 g/mol. The van der Waals surface area contributed by atoms with Gasteiger partial charge in [0.25, 0.3) is 0 Å². The van der Waals surface area contributed by atoms with E-state index in [1.807, 2.05) is 12.1 Å². The molecule has 0 bridgehead atoms. The van der Waals surface area contributed by atoms with Crippen molar-refractivity contribution in [3.8, 4) is 0 Å². The Kier molecular flexibility index (Phi) is 3.83. The summed E-state index contributed by atoms with van der Waals surface area (Å²) in [5, 5.41) is 0. The molecule has 2 heteroatoms. The highest BCUT2D eigenvalue weighted by Crippen LogP contribution is 2.16. The molecule has 0 saturated carbocycles. The summed E-state index contributed by atoms with van der Waals surface area (Å²) in [5.41, 5.74) is 8.01. The molecule has 0 spiro atoms. The van der Waals surface area contributed by atoms with Gasteiger partial charge >= 0.3 is 0 Å². The molecule has 1 saturated heterocycles. The van der Waals surface area contributed by atoms with Crippen LogP contribution in [-0.2, 0) is 6.42 Å². The molecule has 0 amide bonds. The third-order valence-corrected chi connectivity index (χ3v) is 3.41. The van der Waals surface area contributed by atoms with Crippen molar-refractivity contribution in [2.24, 2.45) is 5.92 Å². The number of hydrogen-bond donors (Lipinski definition) is 1. The van der Waals surface area contributed by atoms with Gasteiger partial charge in [0, 0.05) is 18.8 Å². The van der Waals surface area contributed by atoms with Gasteiger partial charge < -0.3 is 10.6 Å². The summed E-state index contributed by atoms with van der Waals surface area (Å²) in [7, 11) is 0. The largest absolute Gasteiger partial charge is 0.399 e. The summed E-state index contributed by atoms with van der Waals surface area (Å²) in [6.45, 7) is 6.06. The number of nitrogens with two attached hydrogens (primary N) is 1. The molecule has 2 rings (SSSR count). The zero-order chi connectivity index (χ0) is 11.4. The molecule has 1 aromatic rings. The van der Waals surface area contributed by atoms with E-state index in [2.05, 4.69) is 24.0 Å². The van der Waals surface area contributed by atoms with Gasteiger partial charge in [0.2, 0.25) is 0 Å². The number of rotatable bonds is 3. The molecule has 0 aliphatic carbocycles. The van der Waals surface area contributed by atoms with Crippen molar-refractivity contribution >= 4 is 5.69 Å². The molecule has 1 aliphatic rings. The highest BCUT2D eigenvalue weighted by Gasteiger charge is 2.15. The first-order chi connectivity index (χ1) is 7.74. The van der Waals surface area contributed by atoms with E-state index < -0.39 is 0 Å². The SMILES string of the molecule is CC1CCCN(CCc2cccc(N)c2)C1. The van der Waals surface area contributed by atoms with Crippen LogP contribution in [0.2, 0.25) is 0 Å².